The maximum absolute atomic E-state index is 12.9. The summed E-state index contributed by atoms with van der Waals surface area (Å²) >= 11 is 0. The normalized spacial score (nSPS) is 18.8. The fourth-order valence-corrected chi connectivity index (χ4v) is 1.83. The van der Waals surface area contributed by atoms with E-state index in [0.29, 0.717) is 11.3 Å². The minimum atomic E-state index is -0.793. The lowest BCUT2D eigenvalue weighted by Crippen LogP contribution is -2.34. The number of rotatable bonds is 2. The first-order chi connectivity index (χ1) is 6.65. The zero-order valence-electron chi connectivity index (χ0n) is 8.09. The van der Waals surface area contributed by atoms with Crippen molar-refractivity contribution in [2.24, 2.45) is 0 Å². The molecule has 0 heterocycles. The zero-order valence-corrected chi connectivity index (χ0v) is 8.09. The van der Waals surface area contributed by atoms with Gasteiger partial charge in [0.05, 0.1) is 12.7 Å². The van der Waals surface area contributed by atoms with Crippen molar-refractivity contribution in [1.82, 2.24) is 0 Å². The largest absolute Gasteiger partial charge is 0.496 e. The van der Waals surface area contributed by atoms with Gasteiger partial charge in [0, 0.05) is 11.6 Å². The van der Waals surface area contributed by atoms with Crippen molar-refractivity contribution >= 4 is 0 Å². The summed E-state index contributed by atoms with van der Waals surface area (Å²) in [7, 11) is 1.49. The summed E-state index contributed by atoms with van der Waals surface area (Å²) in [5, 5.41) is 10.1. The molecule has 76 valence electrons. The molecule has 3 heteroatoms. The number of benzene rings is 1. The molecule has 0 aliphatic heterocycles. The smallest absolute Gasteiger partial charge is 0.127 e. The Morgan fingerprint density at radius 3 is 2.64 bits per heavy atom. The minimum Gasteiger partial charge on any atom is -0.496 e. The Hall–Kier alpha value is -1.09. The van der Waals surface area contributed by atoms with Gasteiger partial charge in [0.15, 0.2) is 0 Å². The second-order valence-electron chi connectivity index (χ2n) is 3.73. The molecule has 1 aliphatic rings. The third-order valence-corrected chi connectivity index (χ3v) is 2.85. The number of aliphatic hydroxyl groups is 1. The van der Waals surface area contributed by atoms with E-state index in [1.807, 2.05) is 0 Å². The quantitative estimate of drug-likeness (QED) is 0.785. The highest BCUT2D eigenvalue weighted by Gasteiger charge is 2.38. The Morgan fingerprint density at radius 2 is 2.14 bits per heavy atom. The molecule has 1 aliphatic carbocycles. The van der Waals surface area contributed by atoms with E-state index in [0.717, 1.165) is 19.3 Å². The highest BCUT2D eigenvalue weighted by molar-refractivity contribution is 5.39. The maximum Gasteiger partial charge on any atom is 0.127 e. The fraction of sp³-hybridized carbons (Fsp3) is 0.455. The summed E-state index contributed by atoms with van der Waals surface area (Å²) in [6, 6.07) is 4.27. The van der Waals surface area contributed by atoms with Crippen LogP contribution in [0.5, 0.6) is 5.75 Å². The Bertz CT molecular complexity index is 345. The summed E-state index contributed by atoms with van der Waals surface area (Å²) in [5.41, 5.74) is -0.0911. The molecular weight excluding hydrogens is 183 g/mol. The van der Waals surface area contributed by atoms with Gasteiger partial charge in [-0.15, -0.1) is 0 Å². The standard InChI is InChI=1S/C11H13FO2/c1-14-10-7-8(12)3-4-9(10)11(13)5-2-6-11/h3-4,7,13H,2,5-6H2,1H3. The van der Waals surface area contributed by atoms with Gasteiger partial charge < -0.3 is 9.84 Å². The predicted molar refractivity (Wildman–Crippen MR) is 50.7 cm³/mol. The number of ether oxygens (including phenoxy) is 1. The minimum absolute atomic E-state index is 0.339. The van der Waals surface area contributed by atoms with Gasteiger partial charge in [-0.2, -0.15) is 0 Å². The summed E-state index contributed by atoms with van der Waals surface area (Å²) in [6.45, 7) is 0. The van der Waals surface area contributed by atoms with E-state index in [1.54, 1.807) is 6.07 Å². The molecule has 1 aromatic carbocycles. The first-order valence-electron chi connectivity index (χ1n) is 4.72. The lowest BCUT2D eigenvalue weighted by atomic mass is 9.75. The first kappa shape index (κ1) is 9.46. The SMILES string of the molecule is COc1cc(F)ccc1C1(O)CCC1. The molecular formula is C11H13FO2. The molecule has 1 saturated carbocycles. The van der Waals surface area contributed by atoms with Gasteiger partial charge in [0.1, 0.15) is 11.6 Å². The van der Waals surface area contributed by atoms with E-state index >= 15 is 0 Å². The van der Waals surface area contributed by atoms with Crippen molar-refractivity contribution in [3.05, 3.63) is 29.6 Å². The molecule has 2 nitrogen and oxygen atoms in total. The molecule has 0 aromatic heterocycles. The third-order valence-electron chi connectivity index (χ3n) is 2.85. The van der Waals surface area contributed by atoms with E-state index in [1.165, 1.54) is 19.2 Å². The first-order valence-corrected chi connectivity index (χ1v) is 4.72. The molecule has 1 aromatic rings. The van der Waals surface area contributed by atoms with Crippen molar-refractivity contribution in [3.8, 4) is 5.75 Å². The van der Waals surface area contributed by atoms with Crippen LogP contribution < -0.4 is 4.74 Å². The second-order valence-corrected chi connectivity index (χ2v) is 3.73. The van der Waals surface area contributed by atoms with Crippen LogP contribution in [-0.4, -0.2) is 12.2 Å². The van der Waals surface area contributed by atoms with E-state index in [2.05, 4.69) is 0 Å². The van der Waals surface area contributed by atoms with Crippen molar-refractivity contribution in [2.45, 2.75) is 24.9 Å². The molecule has 0 atom stereocenters. The molecule has 0 unspecified atom stereocenters. The number of hydrogen-bond donors (Lipinski definition) is 1. The fourth-order valence-electron chi connectivity index (χ4n) is 1.83. The van der Waals surface area contributed by atoms with Crippen LogP contribution in [0.3, 0.4) is 0 Å². The molecule has 1 N–H and O–H groups in total. The molecule has 0 amide bonds. The Morgan fingerprint density at radius 1 is 1.43 bits per heavy atom. The topological polar surface area (TPSA) is 29.5 Å². The maximum atomic E-state index is 12.9. The van der Waals surface area contributed by atoms with Crippen LogP contribution in [0.2, 0.25) is 0 Å². The zero-order chi connectivity index (χ0) is 10.2. The van der Waals surface area contributed by atoms with Gasteiger partial charge in [-0.05, 0) is 31.4 Å². The van der Waals surface area contributed by atoms with Gasteiger partial charge >= 0.3 is 0 Å². The van der Waals surface area contributed by atoms with Crippen molar-refractivity contribution in [2.75, 3.05) is 7.11 Å². The van der Waals surface area contributed by atoms with Crippen molar-refractivity contribution < 1.29 is 14.2 Å². The molecule has 2 rings (SSSR count). The molecule has 0 radical (unpaired) electrons. The number of halogens is 1. The van der Waals surface area contributed by atoms with Gasteiger partial charge in [-0.1, -0.05) is 0 Å². The highest BCUT2D eigenvalue weighted by Crippen LogP contribution is 2.44. The van der Waals surface area contributed by atoms with Crippen molar-refractivity contribution in [1.29, 1.82) is 0 Å². The van der Waals surface area contributed by atoms with E-state index in [-0.39, 0.29) is 5.82 Å². The van der Waals surface area contributed by atoms with Crippen LogP contribution in [-0.2, 0) is 5.60 Å². The van der Waals surface area contributed by atoms with E-state index < -0.39 is 5.60 Å². The van der Waals surface area contributed by atoms with Crippen LogP contribution in [0.25, 0.3) is 0 Å². The summed E-state index contributed by atoms with van der Waals surface area (Å²) < 4.78 is 17.9. The summed E-state index contributed by atoms with van der Waals surface area (Å²) in [5.74, 6) is 0.0979. The lowest BCUT2D eigenvalue weighted by Gasteiger charge is -2.37. The van der Waals surface area contributed by atoms with Crippen LogP contribution in [0.15, 0.2) is 18.2 Å². The molecule has 0 spiro atoms. The Kier molecular flexibility index (Phi) is 2.19. The molecule has 0 saturated heterocycles. The van der Waals surface area contributed by atoms with Gasteiger partial charge in [-0.25, -0.2) is 4.39 Å². The van der Waals surface area contributed by atoms with Gasteiger partial charge in [-0.3, -0.25) is 0 Å². The molecule has 14 heavy (non-hydrogen) atoms. The Balaban J connectivity index is 2.41. The number of methoxy groups -OCH3 is 1. The summed E-state index contributed by atoms with van der Waals surface area (Å²) in [4.78, 5) is 0. The number of hydrogen-bond acceptors (Lipinski definition) is 2. The van der Waals surface area contributed by atoms with Crippen molar-refractivity contribution in [3.63, 3.8) is 0 Å². The van der Waals surface area contributed by atoms with Crippen LogP contribution >= 0.6 is 0 Å². The summed E-state index contributed by atoms with van der Waals surface area (Å²) in [6.07, 6.45) is 2.47. The second kappa shape index (κ2) is 3.24. The van der Waals surface area contributed by atoms with Gasteiger partial charge in [0.25, 0.3) is 0 Å². The van der Waals surface area contributed by atoms with Crippen LogP contribution in [0.4, 0.5) is 4.39 Å². The predicted octanol–water partition coefficient (Wildman–Crippen LogP) is 2.21. The Labute approximate surface area is 82.3 Å². The van der Waals surface area contributed by atoms with Crippen LogP contribution in [0.1, 0.15) is 24.8 Å². The average Bonchev–Trinajstić information content (AvgIpc) is 2.14. The average molecular weight is 196 g/mol. The van der Waals surface area contributed by atoms with E-state index in [9.17, 15) is 9.50 Å². The van der Waals surface area contributed by atoms with E-state index in [4.69, 9.17) is 4.74 Å². The molecule has 0 bridgehead atoms. The molecule has 1 fully saturated rings. The highest BCUT2D eigenvalue weighted by atomic mass is 19.1. The van der Waals surface area contributed by atoms with Crippen LogP contribution in [0, 0.1) is 5.82 Å². The monoisotopic (exact) mass is 196 g/mol. The van der Waals surface area contributed by atoms with Gasteiger partial charge in [0.2, 0.25) is 0 Å². The third kappa shape index (κ3) is 1.38. The lowest BCUT2D eigenvalue weighted by molar-refractivity contribution is -0.0405.